The average molecular weight is 514 g/mol. The Morgan fingerprint density at radius 2 is 1.52 bits per heavy atom. The van der Waals surface area contributed by atoms with Gasteiger partial charge in [0.2, 0.25) is 5.91 Å². The number of phenols is 1. The van der Waals surface area contributed by atoms with Gasteiger partial charge in [-0.15, -0.1) is 0 Å². The van der Waals surface area contributed by atoms with Gasteiger partial charge in [0.15, 0.2) is 0 Å². The second kappa shape index (κ2) is 8.43. The summed E-state index contributed by atoms with van der Waals surface area (Å²) in [6, 6.07) is 19.2. The number of aromatic hydroxyl groups is 1. The van der Waals surface area contributed by atoms with Crippen LogP contribution in [0.25, 0.3) is 27.9 Å². The Bertz CT molecular complexity index is 1170. The minimum absolute atomic E-state index is 0.0516. The molecular formula is C23H18Br2N2O2. The second-order valence-electron chi connectivity index (χ2n) is 6.72. The van der Waals surface area contributed by atoms with Crippen molar-refractivity contribution in [3.8, 4) is 5.75 Å². The van der Waals surface area contributed by atoms with Crippen LogP contribution < -0.4 is 5.32 Å². The van der Waals surface area contributed by atoms with Crippen LogP contribution in [-0.2, 0) is 11.3 Å². The smallest absolute Gasteiger partial charge is 0.225 e. The molecule has 0 spiro atoms. The minimum atomic E-state index is -0.0516. The van der Waals surface area contributed by atoms with E-state index >= 15 is 0 Å². The van der Waals surface area contributed by atoms with Crippen LogP contribution in [-0.4, -0.2) is 15.6 Å². The normalized spacial score (nSPS) is 11.5. The SMILES string of the molecule is O=C(CCn1c2ccc(Br)cc2c2cc(Br)ccc21)N/C=C/c1ccc(O)cc1. The summed E-state index contributed by atoms with van der Waals surface area (Å²) in [7, 11) is 0. The third kappa shape index (κ3) is 4.38. The van der Waals surface area contributed by atoms with Gasteiger partial charge in [0.25, 0.3) is 0 Å². The second-order valence-corrected chi connectivity index (χ2v) is 8.55. The number of aromatic nitrogens is 1. The lowest BCUT2D eigenvalue weighted by Gasteiger charge is -2.07. The summed E-state index contributed by atoms with van der Waals surface area (Å²) in [4.78, 5) is 12.3. The fourth-order valence-corrected chi connectivity index (χ4v) is 4.11. The van der Waals surface area contributed by atoms with E-state index in [2.05, 4.69) is 66.0 Å². The summed E-state index contributed by atoms with van der Waals surface area (Å²) in [6.45, 7) is 0.585. The van der Waals surface area contributed by atoms with Gasteiger partial charge >= 0.3 is 0 Å². The number of carbonyl (C=O) groups excluding carboxylic acids is 1. The first-order chi connectivity index (χ1) is 14.0. The summed E-state index contributed by atoms with van der Waals surface area (Å²) in [6.07, 6.45) is 3.80. The van der Waals surface area contributed by atoms with Crippen molar-refractivity contribution in [2.75, 3.05) is 0 Å². The topological polar surface area (TPSA) is 54.3 Å². The molecular weight excluding hydrogens is 496 g/mol. The lowest BCUT2D eigenvalue weighted by Crippen LogP contribution is -2.18. The number of aryl methyl sites for hydroxylation is 1. The van der Waals surface area contributed by atoms with E-state index in [1.165, 1.54) is 0 Å². The highest BCUT2D eigenvalue weighted by molar-refractivity contribution is 9.10. The molecule has 0 unspecified atom stereocenters. The van der Waals surface area contributed by atoms with Crippen molar-refractivity contribution >= 4 is 65.6 Å². The highest BCUT2D eigenvalue weighted by atomic mass is 79.9. The zero-order chi connectivity index (χ0) is 20.4. The molecule has 1 aromatic heterocycles. The largest absolute Gasteiger partial charge is 0.508 e. The van der Waals surface area contributed by atoms with E-state index in [1.54, 1.807) is 36.5 Å². The Kier molecular flexibility index (Phi) is 5.74. The molecule has 1 heterocycles. The molecule has 0 fully saturated rings. The van der Waals surface area contributed by atoms with Gasteiger partial charge in [-0.25, -0.2) is 0 Å². The number of halogens is 2. The van der Waals surface area contributed by atoms with Crippen LogP contribution in [0.5, 0.6) is 5.75 Å². The van der Waals surface area contributed by atoms with Gasteiger partial charge in [0.05, 0.1) is 0 Å². The van der Waals surface area contributed by atoms with Crippen LogP contribution in [0, 0.1) is 0 Å². The van der Waals surface area contributed by atoms with E-state index in [1.807, 2.05) is 12.1 Å². The Morgan fingerprint density at radius 1 is 0.931 bits per heavy atom. The van der Waals surface area contributed by atoms with E-state index in [4.69, 9.17) is 0 Å². The number of nitrogens with one attached hydrogen (secondary N) is 1. The summed E-state index contributed by atoms with van der Waals surface area (Å²) < 4.78 is 4.24. The third-order valence-electron chi connectivity index (χ3n) is 4.76. The van der Waals surface area contributed by atoms with Crippen LogP contribution in [0.2, 0.25) is 0 Å². The van der Waals surface area contributed by atoms with Gasteiger partial charge in [-0.1, -0.05) is 44.0 Å². The molecule has 4 nitrogen and oxygen atoms in total. The molecule has 0 aliphatic heterocycles. The standard InChI is InChI=1S/C23H18Br2N2O2/c24-16-3-7-21-19(13-16)20-14-17(25)4-8-22(20)27(21)12-10-23(29)26-11-9-15-1-5-18(28)6-2-15/h1-9,11,13-14,28H,10,12H2,(H,26,29)/b11-9+. The Hall–Kier alpha value is -2.57. The van der Waals surface area contributed by atoms with E-state index in [-0.39, 0.29) is 11.7 Å². The maximum Gasteiger partial charge on any atom is 0.225 e. The van der Waals surface area contributed by atoms with Crippen molar-refractivity contribution in [1.29, 1.82) is 0 Å². The lowest BCUT2D eigenvalue weighted by molar-refractivity contribution is -0.120. The predicted molar refractivity (Wildman–Crippen MR) is 125 cm³/mol. The molecule has 146 valence electrons. The Balaban J connectivity index is 1.51. The minimum Gasteiger partial charge on any atom is -0.508 e. The van der Waals surface area contributed by atoms with Crippen LogP contribution in [0.1, 0.15) is 12.0 Å². The van der Waals surface area contributed by atoms with Crippen molar-refractivity contribution < 1.29 is 9.90 Å². The van der Waals surface area contributed by atoms with Crippen molar-refractivity contribution in [3.63, 3.8) is 0 Å². The molecule has 0 aliphatic rings. The number of nitrogens with zero attached hydrogens (tertiary/aromatic N) is 1. The van der Waals surface area contributed by atoms with Gasteiger partial charge in [0.1, 0.15) is 5.75 Å². The lowest BCUT2D eigenvalue weighted by atomic mass is 10.2. The van der Waals surface area contributed by atoms with Gasteiger partial charge in [-0.3, -0.25) is 4.79 Å². The van der Waals surface area contributed by atoms with Gasteiger partial charge in [-0.2, -0.15) is 0 Å². The van der Waals surface area contributed by atoms with Crippen molar-refractivity contribution in [2.24, 2.45) is 0 Å². The first-order valence-electron chi connectivity index (χ1n) is 9.13. The fourth-order valence-electron chi connectivity index (χ4n) is 3.39. The van der Waals surface area contributed by atoms with Crippen LogP contribution in [0.4, 0.5) is 0 Å². The van der Waals surface area contributed by atoms with E-state index < -0.39 is 0 Å². The van der Waals surface area contributed by atoms with Crippen LogP contribution in [0.15, 0.2) is 75.8 Å². The number of hydrogen-bond acceptors (Lipinski definition) is 2. The van der Waals surface area contributed by atoms with Crippen LogP contribution in [0.3, 0.4) is 0 Å². The van der Waals surface area contributed by atoms with Gasteiger partial charge in [0, 0.05) is 49.9 Å². The highest BCUT2D eigenvalue weighted by Gasteiger charge is 2.12. The number of fused-ring (bicyclic) bond motifs is 3. The number of hydrogen-bond donors (Lipinski definition) is 2. The predicted octanol–water partition coefficient (Wildman–Crippen LogP) is 6.20. The van der Waals surface area contributed by atoms with E-state index in [0.29, 0.717) is 13.0 Å². The number of carbonyl (C=O) groups is 1. The van der Waals surface area contributed by atoms with Gasteiger partial charge < -0.3 is 15.0 Å². The molecule has 6 heteroatoms. The maximum atomic E-state index is 12.3. The van der Waals surface area contributed by atoms with Gasteiger partial charge in [-0.05, 0) is 60.2 Å². The molecule has 0 bridgehead atoms. The first kappa shape index (κ1) is 19.7. The molecule has 0 saturated carbocycles. The molecule has 1 amide bonds. The van der Waals surface area contributed by atoms with Crippen molar-refractivity contribution in [3.05, 3.63) is 81.4 Å². The zero-order valence-corrected chi connectivity index (χ0v) is 18.6. The zero-order valence-electron chi connectivity index (χ0n) is 15.4. The van der Waals surface area contributed by atoms with Crippen molar-refractivity contribution in [2.45, 2.75) is 13.0 Å². The average Bonchev–Trinajstić information content (AvgIpc) is 3.00. The molecule has 3 aromatic carbocycles. The molecule has 0 aliphatic carbocycles. The molecule has 4 rings (SSSR count). The molecule has 29 heavy (non-hydrogen) atoms. The quantitative estimate of drug-likeness (QED) is 0.333. The summed E-state index contributed by atoms with van der Waals surface area (Å²) in [5.41, 5.74) is 3.11. The number of phenolic OH excluding ortho intramolecular Hbond substituents is 1. The monoisotopic (exact) mass is 512 g/mol. The molecule has 0 atom stereocenters. The molecule has 4 aromatic rings. The summed E-state index contributed by atoms with van der Waals surface area (Å²) in [5.74, 6) is 0.167. The molecule has 2 N–H and O–H groups in total. The molecule has 0 radical (unpaired) electrons. The number of benzene rings is 3. The maximum absolute atomic E-state index is 12.3. The van der Waals surface area contributed by atoms with Crippen LogP contribution >= 0.6 is 31.9 Å². The van der Waals surface area contributed by atoms with E-state index in [9.17, 15) is 9.90 Å². The Morgan fingerprint density at radius 3 is 2.10 bits per heavy atom. The molecule has 0 saturated heterocycles. The van der Waals surface area contributed by atoms with E-state index in [0.717, 1.165) is 36.3 Å². The Labute approximate surface area is 185 Å². The third-order valence-corrected chi connectivity index (χ3v) is 5.75. The number of amides is 1. The number of rotatable bonds is 5. The van der Waals surface area contributed by atoms with Crippen molar-refractivity contribution in [1.82, 2.24) is 9.88 Å². The first-order valence-corrected chi connectivity index (χ1v) is 10.7. The fraction of sp³-hybridized carbons (Fsp3) is 0.0870. The highest BCUT2D eigenvalue weighted by Crippen LogP contribution is 2.33. The summed E-state index contributed by atoms with van der Waals surface area (Å²) >= 11 is 7.11. The summed E-state index contributed by atoms with van der Waals surface area (Å²) in [5, 5.41) is 14.4.